The predicted octanol–water partition coefficient (Wildman–Crippen LogP) is 3.32. The number of carbonyl (C=O) groups is 1. The molecule has 0 saturated heterocycles. The first-order valence-electron chi connectivity index (χ1n) is 7.70. The molecule has 10 heteroatoms. The molecule has 4 rings (SSSR count). The van der Waals surface area contributed by atoms with Gasteiger partial charge >= 0.3 is 0 Å². The molecule has 2 N–H and O–H groups in total. The Kier molecular flexibility index (Phi) is 4.01. The summed E-state index contributed by atoms with van der Waals surface area (Å²) in [5.41, 5.74) is 1.15. The fourth-order valence-corrected chi connectivity index (χ4v) is 3.33. The highest BCUT2D eigenvalue weighted by Gasteiger charge is 2.18. The molecule has 134 valence electrons. The second-order valence-corrected chi connectivity index (χ2v) is 6.46. The molecule has 0 unspecified atom stereocenters. The van der Waals surface area contributed by atoms with Gasteiger partial charge in [0.2, 0.25) is 0 Å². The van der Waals surface area contributed by atoms with Gasteiger partial charge in [-0.15, -0.1) is 11.3 Å². The SMILES string of the molecule is O=C(Nc1ccc([N+](=O)[O-])cc1O)c1cnn2c(-c3cccs3)ccnc12. The highest BCUT2D eigenvalue weighted by Crippen LogP contribution is 2.29. The molecule has 1 aromatic carbocycles. The molecule has 0 saturated carbocycles. The topological polar surface area (TPSA) is 123 Å². The zero-order chi connectivity index (χ0) is 19.0. The van der Waals surface area contributed by atoms with Crippen LogP contribution >= 0.6 is 11.3 Å². The lowest BCUT2D eigenvalue weighted by Crippen LogP contribution is -2.12. The Hall–Kier alpha value is -3.79. The monoisotopic (exact) mass is 381 g/mol. The largest absolute Gasteiger partial charge is 0.506 e. The highest BCUT2D eigenvalue weighted by molar-refractivity contribution is 7.13. The summed E-state index contributed by atoms with van der Waals surface area (Å²) in [6, 6.07) is 9.09. The number of carbonyl (C=O) groups excluding carboxylic acids is 1. The first-order valence-corrected chi connectivity index (χ1v) is 8.58. The van der Waals surface area contributed by atoms with Crippen LogP contribution in [0.4, 0.5) is 11.4 Å². The predicted molar refractivity (Wildman–Crippen MR) is 99.0 cm³/mol. The van der Waals surface area contributed by atoms with E-state index in [0.717, 1.165) is 16.6 Å². The van der Waals surface area contributed by atoms with Crippen molar-refractivity contribution in [1.29, 1.82) is 0 Å². The van der Waals surface area contributed by atoms with Gasteiger partial charge in [-0.25, -0.2) is 9.50 Å². The molecular formula is C17H11N5O4S. The number of hydrogen-bond donors (Lipinski definition) is 2. The number of benzene rings is 1. The van der Waals surface area contributed by atoms with Crippen LogP contribution in [0.25, 0.3) is 16.2 Å². The van der Waals surface area contributed by atoms with Gasteiger partial charge in [-0.2, -0.15) is 5.10 Å². The van der Waals surface area contributed by atoms with Crippen LogP contribution in [0.15, 0.2) is 54.2 Å². The van der Waals surface area contributed by atoms with E-state index in [1.165, 1.54) is 29.7 Å². The standard InChI is InChI=1S/C17H11N5O4S/c23-14-8-10(22(25)26)3-4-12(14)20-17(24)11-9-19-21-13(5-6-18-16(11)21)15-2-1-7-27-15/h1-9,23H,(H,20,24). The number of nitrogens with one attached hydrogen (secondary N) is 1. The Morgan fingerprint density at radius 1 is 1.30 bits per heavy atom. The molecule has 0 aliphatic rings. The average Bonchev–Trinajstić information content (AvgIpc) is 3.32. The molecule has 0 aliphatic carbocycles. The van der Waals surface area contributed by atoms with E-state index < -0.39 is 16.6 Å². The Morgan fingerprint density at radius 2 is 2.15 bits per heavy atom. The van der Waals surface area contributed by atoms with E-state index in [0.29, 0.717) is 5.65 Å². The summed E-state index contributed by atoms with van der Waals surface area (Å²) < 4.78 is 1.57. The number of non-ortho nitro benzene ring substituents is 1. The molecule has 0 radical (unpaired) electrons. The molecule has 0 bridgehead atoms. The normalized spacial score (nSPS) is 10.8. The third-order valence-corrected chi connectivity index (χ3v) is 4.75. The van der Waals surface area contributed by atoms with Gasteiger partial charge in [-0.3, -0.25) is 14.9 Å². The van der Waals surface area contributed by atoms with Gasteiger partial charge in [0.15, 0.2) is 5.65 Å². The number of aromatic nitrogens is 3. The van der Waals surface area contributed by atoms with Crippen LogP contribution < -0.4 is 5.32 Å². The molecule has 3 heterocycles. The van der Waals surface area contributed by atoms with Crippen molar-refractivity contribution >= 4 is 34.3 Å². The molecule has 0 aliphatic heterocycles. The maximum absolute atomic E-state index is 12.6. The summed E-state index contributed by atoms with van der Waals surface area (Å²) in [6.45, 7) is 0. The van der Waals surface area contributed by atoms with Crippen molar-refractivity contribution in [3.05, 3.63) is 69.8 Å². The molecule has 9 nitrogen and oxygen atoms in total. The van der Waals surface area contributed by atoms with Crippen molar-refractivity contribution in [3.63, 3.8) is 0 Å². The number of aromatic hydroxyl groups is 1. The number of hydrogen-bond acceptors (Lipinski definition) is 7. The Morgan fingerprint density at radius 3 is 2.85 bits per heavy atom. The number of nitrogens with zero attached hydrogens (tertiary/aromatic N) is 4. The average molecular weight is 381 g/mol. The number of amides is 1. The first-order chi connectivity index (χ1) is 13.0. The second-order valence-electron chi connectivity index (χ2n) is 5.51. The number of phenolic OH excluding ortho intramolecular Hbond substituents is 1. The van der Waals surface area contributed by atoms with Gasteiger partial charge < -0.3 is 10.4 Å². The van der Waals surface area contributed by atoms with Crippen molar-refractivity contribution < 1.29 is 14.8 Å². The number of thiophene rings is 1. The van der Waals surface area contributed by atoms with E-state index >= 15 is 0 Å². The van der Waals surface area contributed by atoms with E-state index in [9.17, 15) is 20.0 Å². The Bertz CT molecular complexity index is 1170. The van der Waals surface area contributed by atoms with Crippen LogP contribution in [-0.2, 0) is 0 Å². The number of nitro groups is 1. The summed E-state index contributed by atoms with van der Waals surface area (Å²) in [4.78, 5) is 27.9. The third kappa shape index (κ3) is 2.98. The first kappa shape index (κ1) is 16.7. The van der Waals surface area contributed by atoms with E-state index in [2.05, 4.69) is 15.4 Å². The van der Waals surface area contributed by atoms with Gasteiger partial charge in [0.1, 0.15) is 11.3 Å². The van der Waals surface area contributed by atoms with Crippen LogP contribution in [0.3, 0.4) is 0 Å². The molecule has 0 fully saturated rings. The van der Waals surface area contributed by atoms with Crippen LogP contribution in [-0.4, -0.2) is 30.5 Å². The van der Waals surface area contributed by atoms with Gasteiger partial charge in [0, 0.05) is 12.3 Å². The molecule has 0 spiro atoms. The summed E-state index contributed by atoms with van der Waals surface area (Å²) in [5, 5.41) is 29.4. The molecule has 1 amide bonds. The quantitative estimate of drug-likeness (QED) is 0.318. The van der Waals surface area contributed by atoms with Crippen molar-refractivity contribution in [2.75, 3.05) is 5.32 Å². The molecule has 4 aromatic rings. The maximum atomic E-state index is 12.6. The molecule has 0 atom stereocenters. The summed E-state index contributed by atoms with van der Waals surface area (Å²) in [6.07, 6.45) is 2.98. The van der Waals surface area contributed by atoms with Crippen molar-refractivity contribution in [2.24, 2.45) is 0 Å². The molecular weight excluding hydrogens is 370 g/mol. The number of phenols is 1. The third-order valence-electron chi connectivity index (χ3n) is 3.86. The molecule has 27 heavy (non-hydrogen) atoms. The van der Waals surface area contributed by atoms with Gasteiger partial charge in [-0.05, 0) is 23.6 Å². The highest BCUT2D eigenvalue weighted by atomic mass is 32.1. The number of anilines is 1. The van der Waals surface area contributed by atoms with Gasteiger partial charge in [0.25, 0.3) is 11.6 Å². The summed E-state index contributed by atoms with van der Waals surface area (Å²) in [5.74, 6) is -0.939. The van der Waals surface area contributed by atoms with Gasteiger partial charge in [0.05, 0.1) is 33.4 Å². The Balaban J connectivity index is 1.68. The lowest BCUT2D eigenvalue weighted by molar-refractivity contribution is -0.384. The molecule has 3 aromatic heterocycles. The smallest absolute Gasteiger partial charge is 0.273 e. The van der Waals surface area contributed by atoms with Crippen LogP contribution in [0.5, 0.6) is 5.75 Å². The van der Waals surface area contributed by atoms with Crippen molar-refractivity contribution in [2.45, 2.75) is 0 Å². The van der Waals surface area contributed by atoms with E-state index in [1.807, 2.05) is 17.5 Å². The fourth-order valence-electron chi connectivity index (χ4n) is 2.59. The Labute approximate surface area is 155 Å². The van der Waals surface area contributed by atoms with E-state index in [1.54, 1.807) is 16.8 Å². The van der Waals surface area contributed by atoms with E-state index in [-0.39, 0.29) is 16.9 Å². The van der Waals surface area contributed by atoms with Crippen molar-refractivity contribution in [1.82, 2.24) is 14.6 Å². The number of rotatable bonds is 4. The lowest BCUT2D eigenvalue weighted by atomic mass is 10.2. The number of fused-ring (bicyclic) bond motifs is 1. The van der Waals surface area contributed by atoms with Crippen LogP contribution in [0.1, 0.15) is 10.4 Å². The minimum atomic E-state index is -0.632. The summed E-state index contributed by atoms with van der Waals surface area (Å²) >= 11 is 1.54. The number of nitro benzene ring substituents is 1. The minimum absolute atomic E-state index is 0.0550. The van der Waals surface area contributed by atoms with Crippen LogP contribution in [0.2, 0.25) is 0 Å². The van der Waals surface area contributed by atoms with E-state index in [4.69, 9.17) is 0 Å². The zero-order valence-corrected chi connectivity index (χ0v) is 14.4. The summed E-state index contributed by atoms with van der Waals surface area (Å²) in [7, 11) is 0. The second kappa shape index (κ2) is 6.50. The van der Waals surface area contributed by atoms with Gasteiger partial charge in [-0.1, -0.05) is 6.07 Å². The lowest BCUT2D eigenvalue weighted by Gasteiger charge is -2.06. The van der Waals surface area contributed by atoms with Crippen LogP contribution in [0, 0.1) is 10.1 Å². The zero-order valence-electron chi connectivity index (χ0n) is 13.6. The minimum Gasteiger partial charge on any atom is -0.506 e. The maximum Gasteiger partial charge on any atom is 0.273 e. The fraction of sp³-hybridized carbons (Fsp3) is 0. The van der Waals surface area contributed by atoms with Crippen molar-refractivity contribution in [3.8, 4) is 16.3 Å².